The molecule has 2 aromatic carbocycles. The summed E-state index contributed by atoms with van der Waals surface area (Å²) in [7, 11) is 1.67. The van der Waals surface area contributed by atoms with E-state index < -0.39 is 0 Å². The molecule has 0 spiro atoms. The van der Waals surface area contributed by atoms with E-state index in [1.54, 1.807) is 31.4 Å². The zero-order valence-electron chi connectivity index (χ0n) is 13.6. The van der Waals surface area contributed by atoms with Gasteiger partial charge in [-0.25, -0.2) is 0 Å². The van der Waals surface area contributed by atoms with Gasteiger partial charge >= 0.3 is 0 Å². The second kappa shape index (κ2) is 7.93. The Bertz CT molecular complexity index is 683. The van der Waals surface area contributed by atoms with Gasteiger partial charge in [-0.2, -0.15) is 0 Å². The van der Waals surface area contributed by atoms with Crippen LogP contribution in [-0.2, 0) is 0 Å². The highest BCUT2D eigenvalue weighted by Crippen LogP contribution is 2.22. The van der Waals surface area contributed by atoms with Crippen LogP contribution in [-0.4, -0.2) is 44.1 Å². The van der Waals surface area contributed by atoms with Crippen molar-refractivity contribution in [2.45, 2.75) is 0 Å². The maximum Gasteiger partial charge on any atom is 0.253 e. The summed E-state index contributed by atoms with van der Waals surface area (Å²) in [5.74, 6) is 0.915. The molecule has 0 radical (unpaired) electrons. The molecule has 3 rings (SSSR count). The Balaban J connectivity index is 0.00000208. The molecule has 24 heavy (non-hydrogen) atoms. The predicted molar refractivity (Wildman–Crippen MR) is 99.2 cm³/mol. The van der Waals surface area contributed by atoms with Gasteiger partial charge in [-0.15, -0.1) is 12.4 Å². The minimum absolute atomic E-state index is 0. The number of piperazine rings is 1. The first-order valence-corrected chi connectivity index (χ1v) is 7.71. The Morgan fingerprint density at radius 2 is 1.71 bits per heavy atom. The van der Waals surface area contributed by atoms with Crippen LogP contribution in [0.2, 0.25) is 0 Å². The number of benzene rings is 2. The van der Waals surface area contributed by atoms with Crippen molar-refractivity contribution in [3.05, 3.63) is 54.1 Å². The molecule has 1 heterocycles. The van der Waals surface area contributed by atoms with Gasteiger partial charge in [0.2, 0.25) is 0 Å². The highest BCUT2D eigenvalue weighted by atomic mass is 35.5. The lowest BCUT2D eigenvalue weighted by Crippen LogP contribution is -2.48. The first kappa shape index (κ1) is 17.9. The van der Waals surface area contributed by atoms with Crippen molar-refractivity contribution >= 4 is 29.7 Å². The number of hydrogen-bond donors (Lipinski definition) is 1. The van der Waals surface area contributed by atoms with Crippen molar-refractivity contribution < 1.29 is 9.53 Å². The van der Waals surface area contributed by atoms with Gasteiger partial charge in [0.05, 0.1) is 7.11 Å². The summed E-state index contributed by atoms with van der Waals surface area (Å²) in [6, 6.07) is 15.1. The van der Waals surface area contributed by atoms with Gasteiger partial charge in [-0.1, -0.05) is 6.07 Å². The number of amides is 1. The van der Waals surface area contributed by atoms with Gasteiger partial charge in [-0.3, -0.25) is 4.79 Å². The van der Waals surface area contributed by atoms with E-state index in [-0.39, 0.29) is 18.3 Å². The number of nitrogens with two attached hydrogens (primary N) is 1. The summed E-state index contributed by atoms with van der Waals surface area (Å²) in [5, 5.41) is 0. The van der Waals surface area contributed by atoms with Crippen LogP contribution in [0.5, 0.6) is 5.75 Å². The molecule has 1 fully saturated rings. The average molecular weight is 348 g/mol. The SMILES string of the molecule is COc1cccc(N2CCN(C(=O)c3ccc(N)cc3)CC2)c1.Cl. The number of anilines is 2. The van der Waals surface area contributed by atoms with E-state index in [2.05, 4.69) is 11.0 Å². The second-order valence-electron chi connectivity index (χ2n) is 5.60. The van der Waals surface area contributed by atoms with Gasteiger partial charge < -0.3 is 20.3 Å². The summed E-state index contributed by atoms with van der Waals surface area (Å²) in [5.41, 5.74) is 8.16. The highest BCUT2D eigenvalue weighted by Gasteiger charge is 2.22. The second-order valence-corrected chi connectivity index (χ2v) is 5.60. The van der Waals surface area contributed by atoms with Crippen molar-refractivity contribution in [1.29, 1.82) is 0 Å². The van der Waals surface area contributed by atoms with Crippen LogP contribution < -0.4 is 15.4 Å². The molecule has 128 valence electrons. The number of hydrogen-bond acceptors (Lipinski definition) is 4. The molecule has 2 N–H and O–H groups in total. The fraction of sp³-hybridized carbons (Fsp3) is 0.278. The van der Waals surface area contributed by atoms with E-state index in [9.17, 15) is 4.79 Å². The summed E-state index contributed by atoms with van der Waals surface area (Å²) in [4.78, 5) is 16.7. The third-order valence-corrected chi connectivity index (χ3v) is 4.14. The molecule has 0 bridgehead atoms. The number of carbonyl (C=O) groups excluding carboxylic acids is 1. The van der Waals surface area contributed by atoms with E-state index in [0.29, 0.717) is 24.3 Å². The van der Waals surface area contributed by atoms with E-state index >= 15 is 0 Å². The Morgan fingerprint density at radius 3 is 2.33 bits per heavy atom. The molecule has 0 aliphatic carbocycles. The van der Waals surface area contributed by atoms with Gasteiger partial charge in [0.1, 0.15) is 5.75 Å². The van der Waals surface area contributed by atoms with Crippen LogP contribution >= 0.6 is 12.4 Å². The third-order valence-electron chi connectivity index (χ3n) is 4.14. The van der Waals surface area contributed by atoms with E-state index in [1.165, 1.54) is 0 Å². The zero-order valence-corrected chi connectivity index (χ0v) is 14.5. The standard InChI is InChI=1S/C18H21N3O2.ClH/c1-23-17-4-2-3-16(13-17)20-9-11-21(12-10-20)18(22)14-5-7-15(19)8-6-14;/h2-8,13H,9-12,19H2,1H3;1H. The predicted octanol–water partition coefficient (Wildman–Crippen LogP) is 2.66. The number of rotatable bonds is 3. The number of nitrogen functional groups attached to an aromatic ring is 1. The molecular formula is C18H22ClN3O2. The van der Waals surface area contributed by atoms with Crippen molar-refractivity contribution in [3.63, 3.8) is 0 Å². The van der Waals surface area contributed by atoms with Crippen LogP contribution in [0.1, 0.15) is 10.4 Å². The van der Waals surface area contributed by atoms with Gasteiger partial charge in [-0.05, 0) is 36.4 Å². The quantitative estimate of drug-likeness (QED) is 0.867. The fourth-order valence-corrected chi connectivity index (χ4v) is 2.78. The first-order chi connectivity index (χ1) is 11.2. The minimum atomic E-state index is 0. The summed E-state index contributed by atoms with van der Waals surface area (Å²) in [6.07, 6.45) is 0. The number of carbonyl (C=O) groups is 1. The lowest BCUT2D eigenvalue weighted by Gasteiger charge is -2.36. The molecule has 1 saturated heterocycles. The number of halogens is 1. The normalized spacial score (nSPS) is 14.0. The molecule has 1 aliphatic rings. The van der Waals surface area contributed by atoms with E-state index in [0.717, 1.165) is 24.5 Å². The maximum atomic E-state index is 12.5. The monoisotopic (exact) mass is 347 g/mol. The van der Waals surface area contributed by atoms with E-state index in [4.69, 9.17) is 10.5 Å². The summed E-state index contributed by atoms with van der Waals surface area (Å²) < 4.78 is 5.27. The summed E-state index contributed by atoms with van der Waals surface area (Å²) in [6.45, 7) is 3.04. The lowest BCUT2D eigenvalue weighted by atomic mass is 10.1. The zero-order chi connectivity index (χ0) is 16.2. The smallest absolute Gasteiger partial charge is 0.253 e. The number of methoxy groups -OCH3 is 1. The van der Waals surface area contributed by atoms with Crippen molar-refractivity contribution in [2.75, 3.05) is 43.9 Å². The first-order valence-electron chi connectivity index (χ1n) is 7.71. The molecule has 0 saturated carbocycles. The molecule has 2 aromatic rings. The number of ether oxygens (including phenoxy) is 1. The minimum Gasteiger partial charge on any atom is -0.497 e. The largest absolute Gasteiger partial charge is 0.497 e. The van der Waals surface area contributed by atoms with Crippen LogP contribution in [0, 0.1) is 0 Å². The molecule has 1 aliphatic heterocycles. The number of nitrogens with zero attached hydrogens (tertiary/aromatic N) is 2. The van der Waals surface area contributed by atoms with Crippen molar-refractivity contribution in [1.82, 2.24) is 4.90 Å². The van der Waals surface area contributed by atoms with Crippen LogP contribution in [0.15, 0.2) is 48.5 Å². The van der Waals surface area contributed by atoms with Crippen LogP contribution in [0.3, 0.4) is 0 Å². The van der Waals surface area contributed by atoms with Crippen molar-refractivity contribution in [3.8, 4) is 5.75 Å². The molecular weight excluding hydrogens is 326 g/mol. The third kappa shape index (κ3) is 3.92. The van der Waals surface area contributed by atoms with E-state index in [1.807, 2.05) is 23.1 Å². The molecule has 0 atom stereocenters. The Morgan fingerprint density at radius 1 is 1.04 bits per heavy atom. The maximum absolute atomic E-state index is 12.5. The topological polar surface area (TPSA) is 58.8 Å². The fourth-order valence-electron chi connectivity index (χ4n) is 2.78. The molecule has 1 amide bonds. The molecule has 0 aromatic heterocycles. The van der Waals surface area contributed by atoms with Gasteiger partial charge in [0.15, 0.2) is 0 Å². The molecule has 5 nitrogen and oxygen atoms in total. The van der Waals surface area contributed by atoms with Gasteiger partial charge in [0.25, 0.3) is 5.91 Å². The molecule has 0 unspecified atom stereocenters. The Hall–Kier alpha value is -2.40. The molecule has 6 heteroatoms. The average Bonchev–Trinajstić information content (AvgIpc) is 2.62. The Labute approximate surface area is 148 Å². The van der Waals surface area contributed by atoms with Crippen LogP contribution in [0.25, 0.3) is 0 Å². The van der Waals surface area contributed by atoms with Crippen LogP contribution in [0.4, 0.5) is 11.4 Å². The lowest BCUT2D eigenvalue weighted by molar-refractivity contribution is 0.0747. The Kier molecular flexibility index (Phi) is 5.93. The van der Waals surface area contributed by atoms with Crippen molar-refractivity contribution in [2.24, 2.45) is 0 Å². The highest BCUT2D eigenvalue weighted by molar-refractivity contribution is 5.94. The summed E-state index contributed by atoms with van der Waals surface area (Å²) >= 11 is 0. The van der Waals surface area contributed by atoms with Gasteiger partial charge in [0, 0.05) is 49.2 Å².